The van der Waals surface area contributed by atoms with Crippen molar-refractivity contribution in [2.75, 3.05) is 17.1 Å². The zero-order valence-corrected chi connectivity index (χ0v) is 15.0. The lowest BCUT2D eigenvalue weighted by Gasteiger charge is -2.19. The summed E-state index contributed by atoms with van der Waals surface area (Å²) in [5, 5.41) is 0. The molecule has 132 valence electrons. The fraction of sp³-hybridized carbons (Fsp3) is 0.188. The van der Waals surface area contributed by atoms with Crippen LogP contribution in [0, 0.1) is 0 Å². The largest absolute Gasteiger partial charge is 0.268 e. The molecule has 7 nitrogen and oxygen atoms in total. The second-order valence-electron chi connectivity index (χ2n) is 5.69. The third-order valence-corrected chi connectivity index (χ3v) is 6.17. The lowest BCUT2D eigenvalue weighted by Crippen LogP contribution is -2.31. The molecule has 1 heterocycles. The highest BCUT2D eigenvalue weighted by Gasteiger charge is 2.31. The molecule has 1 N–H and O–H groups in total. The number of fused-ring (bicyclic) bond motifs is 1. The first kappa shape index (κ1) is 17.4. The summed E-state index contributed by atoms with van der Waals surface area (Å²) in [6.45, 7) is 0.321. The van der Waals surface area contributed by atoms with E-state index < -0.39 is 26.0 Å². The molecule has 0 aromatic heterocycles. The maximum Gasteiger partial charge on any atom is 0.264 e. The Balaban J connectivity index is 1.97. The minimum absolute atomic E-state index is 0.0426. The van der Waals surface area contributed by atoms with Crippen LogP contribution in [0.1, 0.15) is 15.9 Å². The van der Waals surface area contributed by atoms with Gasteiger partial charge in [0.15, 0.2) is 0 Å². The lowest BCUT2D eigenvalue weighted by molar-refractivity contribution is 0.0981. The van der Waals surface area contributed by atoms with Crippen LogP contribution in [-0.4, -0.2) is 35.5 Å². The number of carbonyl (C=O) groups is 1. The van der Waals surface area contributed by atoms with Gasteiger partial charge >= 0.3 is 0 Å². The van der Waals surface area contributed by atoms with Crippen molar-refractivity contribution in [1.29, 1.82) is 0 Å². The summed E-state index contributed by atoms with van der Waals surface area (Å²) in [6, 6.07) is 12.6. The van der Waals surface area contributed by atoms with Crippen LogP contribution >= 0.6 is 0 Å². The SMILES string of the molecule is CS(=O)(=O)NC(=O)c1cccc(S(=O)(=O)N2CCc3ccccc32)c1. The highest BCUT2D eigenvalue weighted by atomic mass is 32.2. The first-order chi connectivity index (χ1) is 11.7. The number of benzene rings is 2. The van der Waals surface area contributed by atoms with Gasteiger partial charge in [0, 0.05) is 12.1 Å². The Labute approximate surface area is 146 Å². The van der Waals surface area contributed by atoms with Crippen LogP contribution in [0.25, 0.3) is 0 Å². The molecule has 9 heteroatoms. The fourth-order valence-electron chi connectivity index (χ4n) is 2.71. The Bertz CT molecular complexity index is 1050. The number of hydrogen-bond acceptors (Lipinski definition) is 5. The first-order valence-corrected chi connectivity index (χ1v) is 10.7. The Morgan fingerprint density at radius 3 is 2.48 bits per heavy atom. The summed E-state index contributed by atoms with van der Waals surface area (Å²) in [5.41, 5.74) is 1.52. The molecule has 0 bridgehead atoms. The van der Waals surface area contributed by atoms with Crippen LogP contribution in [0.4, 0.5) is 5.69 Å². The van der Waals surface area contributed by atoms with E-state index >= 15 is 0 Å². The third kappa shape index (κ3) is 3.52. The molecule has 3 rings (SSSR count). The van der Waals surface area contributed by atoms with Gasteiger partial charge in [-0.25, -0.2) is 21.6 Å². The smallest absolute Gasteiger partial charge is 0.264 e. The standard InChI is InChI=1S/C16H16N2O5S2/c1-24(20,21)17-16(19)13-6-4-7-14(11-13)25(22,23)18-10-9-12-5-2-3-8-15(12)18/h2-8,11H,9-10H2,1H3,(H,17,19). The van der Waals surface area contributed by atoms with Crippen molar-refractivity contribution in [3.8, 4) is 0 Å². The number of nitrogens with one attached hydrogen (secondary N) is 1. The third-order valence-electron chi connectivity index (χ3n) is 3.81. The van der Waals surface area contributed by atoms with E-state index in [1.807, 2.05) is 16.9 Å². The van der Waals surface area contributed by atoms with Crippen LogP contribution in [0.2, 0.25) is 0 Å². The van der Waals surface area contributed by atoms with Crippen LogP contribution in [0.15, 0.2) is 53.4 Å². The maximum absolute atomic E-state index is 12.9. The monoisotopic (exact) mass is 380 g/mol. The molecule has 1 aliphatic heterocycles. The van der Waals surface area contributed by atoms with Gasteiger partial charge in [-0.05, 0) is 36.2 Å². The zero-order valence-electron chi connectivity index (χ0n) is 13.3. The zero-order chi connectivity index (χ0) is 18.2. The number of sulfonamides is 2. The second-order valence-corrected chi connectivity index (χ2v) is 9.30. The van der Waals surface area contributed by atoms with Gasteiger partial charge in [0.2, 0.25) is 10.0 Å². The summed E-state index contributed by atoms with van der Waals surface area (Å²) in [4.78, 5) is 11.9. The molecule has 0 aliphatic carbocycles. The fourth-order valence-corrected chi connectivity index (χ4v) is 4.71. The number of rotatable bonds is 4. The Hall–Kier alpha value is -2.39. The summed E-state index contributed by atoms with van der Waals surface area (Å²) >= 11 is 0. The maximum atomic E-state index is 12.9. The highest BCUT2D eigenvalue weighted by Crippen LogP contribution is 2.32. The van der Waals surface area contributed by atoms with Crippen molar-refractivity contribution in [2.24, 2.45) is 0 Å². The predicted octanol–water partition coefficient (Wildman–Crippen LogP) is 1.13. The molecule has 2 aromatic rings. The van der Waals surface area contributed by atoms with E-state index in [2.05, 4.69) is 0 Å². The van der Waals surface area contributed by atoms with Crippen LogP contribution < -0.4 is 9.03 Å². The molecule has 2 aromatic carbocycles. The molecule has 0 saturated heterocycles. The Morgan fingerprint density at radius 2 is 1.76 bits per heavy atom. The number of amides is 1. The van der Waals surface area contributed by atoms with E-state index in [4.69, 9.17) is 0 Å². The molecule has 0 radical (unpaired) electrons. The average molecular weight is 380 g/mol. The topological polar surface area (TPSA) is 101 Å². The minimum Gasteiger partial charge on any atom is -0.268 e. The lowest BCUT2D eigenvalue weighted by atomic mass is 10.2. The van der Waals surface area contributed by atoms with Gasteiger partial charge in [-0.1, -0.05) is 24.3 Å². The van der Waals surface area contributed by atoms with Crippen molar-refractivity contribution >= 4 is 31.6 Å². The quantitative estimate of drug-likeness (QED) is 0.857. The van der Waals surface area contributed by atoms with Crippen molar-refractivity contribution < 1.29 is 21.6 Å². The molecule has 1 amide bonds. The molecular weight excluding hydrogens is 364 g/mol. The molecule has 25 heavy (non-hydrogen) atoms. The van der Waals surface area contributed by atoms with E-state index in [-0.39, 0.29) is 10.5 Å². The number of hydrogen-bond donors (Lipinski definition) is 1. The van der Waals surface area contributed by atoms with Crippen LogP contribution in [-0.2, 0) is 26.5 Å². The number of nitrogens with zero attached hydrogens (tertiary/aromatic N) is 1. The van der Waals surface area contributed by atoms with Crippen LogP contribution in [0.5, 0.6) is 0 Å². The van der Waals surface area contributed by atoms with Gasteiger partial charge < -0.3 is 0 Å². The van der Waals surface area contributed by atoms with Crippen molar-refractivity contribution in [3.63, 3.8) is 0 Å². The molecule has 0 fully saturated rings. The van der Waals surface area contributed by atoms with Crippen LogP contribution in [0.3, 0.4) is 0 Å². The normalized spacial score (nSPS) is 14.2. The van der Waals surface area contributed by atoms with E-state index in [1.54, 1.807) is 12.1 Å². The van der Waals surface area contributed by atoms with Crippen molar-refractivity contribution in [2.45, 2.75) is 11.3 Å². The molecule has 0 spiro atoms. The van der Waals surface area contributed by atoms with Gasteiger partial charge in [0.25, 0.3) is 15.9 Å². The molecule has 1 aliphatic rings. The van der Waals surface area contributed by atoms with Gasteiger partial charge in [-0.15, -0.1) is 0 Å². The minimum atomic E-state index is -3.85. The van der Waals surface area contributed by atoms with Crippen molar-refractivity contribution in [1.82, 2.24) is 4.72 Å². The van der Waals surface area contributed by atoms with Crippen molar-refractivity contribution in [3.05, 3.63) is 59.7 Å². The van der Waals surface area contributed by atoms with E-state index in [0.29, 0.717) is 18.7 Å². The summed E-state index contributed by atoms with van der Waals surface area (Å²) < 4.78 is 51.4. The number of para-hydroxylation sites is 1. The highest BCUT2D eigenvalue weighted by molar-refractivity contribution is 7.92. The average Bonchev–Trinajstić information content (AvgIpc) is 2.98. The predicted molar refractivity (Wildman–Crippen MR) is 93.4 cm³/mol. The molecule has 0 atom stereocenters. The molecule has 0 unspecified atom stereocenters. The molecular formula is C16H16N2O5S2. The van der Waals surface area contributed by atoms with E-state index in [1.165, 1.54) is 28.6 Å². The Kier molecular flexibility index (Phi) is 4.29. The van der Waals surface area contributed by atoms with Gasteiger partial charge in [-0.3, -0.25) is 9.10 Å². The molecule has 0 saturated carbocycles. The van der Waals surface area contributed by atoms with Gasteiger partial charge in [-0.2, -0.15) is 0 Å². The van der Waals surface area contributed by atoms with E-state index in [9.17, 15) is 21.6 Å². The summed E-state index contributed by atoms with van der Waals surface area (Å²) in [6.07, 6.45) is 1.47. The van der Waals surface area contributed by atoms with Gasteiger partial charge in [0.1, 0.15) is 0 Å². The number of carbonyl (C=O) groups excluding carboxylic acids is 1. The van der Waals surface area contributed by atoms with Gasteiger partial charge in [0.05, 0.1) is 16.8 Å². The first-order valence-electron chi connectivity index (χ1n) is 7.41. The summed E-state index contributed by atoms with van der Waals surface area (Å²) in [5.74, 6) is -0.874. The summed E-state index contributed by atoms with van der Waals surface area (Å²) in [7, 11) is -7.58. The Morgan fingerprint density at radius 1 is 1.04 bits per heavy atom. The number of anilines is 1. The van der Waals surface area contributed by atoms with E-state index in [0.717, 1.165) is 11.8 Å². The second kappa shape index (κ2) is 6.16.